The summed E-state index contributed by atoms with van der Waals surface area (Å²) in [6.45, 7) is 0.330. The summed E-state index contributed by atoms with van der Waals surface area (Å²) in [4.78, 5) is 15.6. The lowest BCUT2D eigenvalue weighted by Crippen LogP contribution is -2.26. The third-order valence-corrected chi connectivity index (χ3v) is 8.12. The minimum Gasteiger partial charge on any atom is -0.481 e. The number of fused-ring (bicyclic) bond motifs is 1. The molecule has 12 heteroatoms. The van der Waals surface area contributed by atoms with Gasteiger partial charge in [0.15, 0.2) is 0 Å². The molecular formula is C25H31FN4O6S. The number of hydrogen-bond acceptors (Lipinski definition) is 7. The normalized spacial score (nSPS) is 18.2. The first-order valence-corrected chi connectivity index (χ1v) is 13.6. The molecule has 0 aliphatic heterocycles. The van der Waals surface area contributed by atoms with Crippen LogP contribution >= 0.6 is 0 Å². The Labute approximate surface area is 214 Å². The highest BCUT2D eigenvalue weighted by molar-refractivity contribution is 7.89. The number of sulfonamides is 1. The molecule has 0 atom stereocenters. The Morgan fingerprint density at radius 3 is 2.62 bits per heavy atom. The maximum Gasteiger partial charge on any atom is 0.306 e. The Morgan fingerprint density at radius 1 is 1.19 bits per heavy atom. The highest BCUT2D eigenvalue weighted by Crippen LogP contribution is 2.38. The number of benzene rings is 2. The van der Waals surface area contributed by atoms with Crippen molar-refractivity contribution in [3.8, 4) is 0 Å². The molecule has 1 fully saturated rings. The van der Waals surface area contributed by atoms with Gasteiger partial charge >= 0.3 is 5.97 Å². The summed E-state index contributed by atoms with van der Waals surface area (Å²) in [5.41, 5.74) is 2.46. The molecule has 2 aromatic carbocycles. The van der Waals surface area contributed by atoms with Crippen LogP contribution in [0.4, 0.5) is 16.0 Å². The molecule has 0 bridgehead atoms. The number of aromatic nitrogens is 2. The van der Waals surface area contributed by atoms with Crippen molar-refractivity contribution in [2.24, 2.45) is 5.92 Å². The topological polar surface area (TPSA) is 143 Å². The molecule has 37 heavy (non-hydrogen) atoms. The van der Waals surface area contributed by atoms with Gasteiger partial charge in [-0.3, -0.25) is 4.79 Å². The van der Waals surface area contributed by atoms with Gasteiger partial charge in [-0.25, -0.2) is 22.5 Å². The number of carbonyl (C=O) groups is 1. The van der Waals surface area contributed by atoms with Gasteiger partial charge in [-0.15, -0.1) is 0 Å². The van der Waals surface area contributed by atoms with Crippen LogP contribution in [0, 0.1) is 11.7 Å². The van der Waals surface area contributed by atoms with Crippen molar-refractivity contribution in [1.29, 1.82) is 0 Å². The van der Waals surface area contributed by atoms with Crippen LogP contribution in [-0.4, -0.2) is 54.4 Å². The number of imidazole rings is 1. The van der Waals surface area contributed by atoms with Gasteiger partial charge in [-0.2, -0.15) is 0 Å². The van der Waals surface area contributed by atoms with Gasteiger partial charge in [0.2, 0.25) is 16.0 Å². The van der Waals surface area contributed by atoms with E-state index in [2.05, 4.69) is 15.0 Å². The molecule has 4 N–H and O–H groups in total. The van der Waals surface area contributed by atoms with Gasteiger partial charge in [0.05, 0.1) is 23.6 Å². The van der Waals surface area contributed by atoms with Gasteiger partial charge in [0, 0.05) is 32.0 Å². The molecule has 1 aliphatic carbocycles. The number of methoxy groups -OCH3 is 1. The summed E-state index contributed by atoms with van der Waals surface area (Å²) in [6, 6.07) is 9.07. The highest BCUT2D eigenvalue weighted by Gasteiger charge is 2.29. The second-order valence-electron chi connectivity index (χ2n) is 9.14. The first kappa shape index (κ1) is 27.0. The van der Waals surface area contributed by atoms with Crippen LogP contribution < -0.4 is 10.0 Å². The third kappa shape index (κ3) is 6.09. The first-order chi connectivity index (χ1) is 17.7. The van der Waals surface area contributed by atoms with Crippen LogP contribution in [0.3, 0.4) is 0 Å². The molecule has 10 nitrogen and oxygen atoms in total. The van der Waals surface area contributed by atoms with Gasteiger partial charge in [0.1, 0.15) is 10.7 Å². The van der Waals surface area contributed by atoms with Crippen molar-refractivity contribution in [1.82, 2.24) is 14.3 Å². The number of nitrogens with one attached hydrogen (secondary N) is 2. The molecule has 0 saturated heterocycles. The number of aliphatic hydroxyl groups is 1. The summed E-state index contributed by atoms with van der Waals surface area (Å²) in [5, 5.41) is 22.2. The van der Waals surface area contributed by atoms with Crippen molar-refractivity contribution in [2.75, 3.05) is 25.6 Å². The number of rotatable bonds is 11. The number of nitrogens with zero attached hydrogens (tertiary/aromatic N) is 2. The molecule has 1 aromatic heterocycles. The lowest BCUT2D eigenvalue weighted by molar-refractivity contribution is -0.143. The summed E-state index contributed by atoms with van der Waals surface area (Å²) < 4.78 is 49.2. The van der Waals surface area contributed by atoms with Crippen molar-refractivity contribution in [2.45, 2.75) is 49.6 Å². The van der Waals surface area contributed by atoms with Crippen molar-refractivity contribution >= 4 is 38.7 Å². The van der Waals surface area contributed by atoms with E-state index in [-0.39, 0.29) is 19.2 Å². The highest BCUT2D eigenvalue weighted by atomic mass is 32.2. The Morgan fingerprint density at radius 2 is 1.95 bits per heavy atom. The van der Waals surface area contributed by atoms with Crippen LogP contribution in [0.2, 0.25) is 0 Å². The van der Waals surface area contributed by atoms with E-state index in [0.717, 1.165) is 11.6 Å². The number of ether oxygens (including phenoxy) is 1. The minimum atomic E-state index is -4.10. The third-order valence-electron chi connectivity index (χ3n) is 6.64. The van der Waals surface area contributed by atoms with E-state index in [9.17, 15) is 27.8 Å². The SMILES string of the molecule is COCCCNS(=O)(=O)c1cc(Nc2nc3ccc(CO)cc3n2C2CCC(C(=O)O)CC2)ccc1F. The van der Waals surface area contributed by atoms with E-state index in [1.54, 1.807) is 12.1 Å². The Kier molecular flexibility index (Phi) is 8.42. The zero-order valence-electron chi connectivity index (χ0n) is 20.5. The molecule has 0 unspecified atom stereocenters. The summed E-state index contributed by atoms with van der Waals surface area (Å²) in [7, 11) is -2.58. The molecule has 1 heterocycles. The van der Waals surface area contributed by atoms with E-state index < -0.39 is 32.6 Å². The van der Waals surface area contributed by atoms with E-state index in [1.165, 1.54) is 19.2 Å². The summed E-state index contributed by atoms with van der Waals surface area (Å²) >= 11 is 0. The van der Waals surface area contributed by atoms with Crippen LogP contribution in [0.15, 0.2) is 41.3 Å². The van der Waals surface area contributed by atoms with E-state index in [1.807, 2.05) is 10.6 Å². The van der Waals surface area contributed by atoms with Crippen molar-refractivity contribution in [3.05, 3.63) is 47.8 Å². The van der Waals surface area contributed by atoms with Gasteiger partial charge in [-0.1, -0.05) is 6.07 Å². The molecule has 1 saturated carbocycles. The number of aliphatic hydroxyl groups excluding tert-OH is 1. The van der Waals surface area contributed by atoms with Crippen LogP contribution in [0.1, 0.15) is 43.7 Å². The fourth-order valence-electron chi connectivity index (χ4n) is 4.69. The Hall–Kier alpha value is -3.06. The number of anilines is 2. The van der Waals surface area contributed by atoms with Crippen LogP contribution in [-0.2, 0) is 26.2 Å². The quantitative estimate of drug-likeness (QED) is 0.274. The zero-order chi connectivity index (χ0) is 26.6. The molecule has 3 aromatic rings. The van der Waals surface area contributed by atoms with E-state index in [0.29, 0.717) is 61.4 Å². The second-order valence-corrected chi connectivity index (χ2v) is 10.9. The fourth-order valence-corrected chi connectivity index (χ4v) is 5.87. The number of hydrogen-bond donors (Lipinski definition) is 4. The summed E-state index contributed by atoms with van der Waals surface area (Å²) in [6.07, 6.45) is 2.72. The van der Waals surface area contributed by atoms with Gasteiger partial charge < -0.3 is 24.8 Å². The zero-order valence-corrected chi connectivity index (χ0v) is 21.3. The predicted octanol–water partition coefficient (Wildman–Crippen LogP) is 3.54. The molecule has 0 amide bonds. The van der Waals surface area contributed by atoms with Crippen LogP contribution in [0.25, 0.3) is 11.0 Å². The molecule has 200 valence electrons. The van der Waals surface area contributed by atoms with Gasteiger partial charge in [0.25, 0.3) is 0 Å². The summed E-state index contributed by atoms with van der Waals surface area (Å²) in [5.74, 6) is -1.65. The van der Waals surface area contributed by atoms with E-state index >= 15 is 0 Å². The Bertz CT molecular complexity index is 1370. The number of carboxylic acid groups (broad SMARTS) is 1. The van der Waals surface area contributed by atoms with E-state index in [4.69, 9.17) is 4.74 Å². The minimum absolute atomic E-state index is 0.0526. The molecular weight excluding hydrogens is 503 g/mol. The van der Waals surface area contributed by atoms with Gasteiger partial charge in [-0.05, 0) is 68.0 Å². The maximum atomic E-state index is 14.5. The average Bonchev–Trinajstić information content (AvgIpc) is 3.24. The largest absolute Gasteiger partial charge is 0.481 e. The number of carboxylic acids is 1. The van der Waals surface area contributed by atoms with Crippen LogP contribution in [0.5, 0.6) is 0 Å². The standard InChI is InChI=1S/C25H31FN4O6S/c1-36-12-2-11-27-37(34,35)23-14-18(6-9-20(23)26)28-25-29-21-10-3-16(15-31)13-22(21)30(25)19-7-4-17(5-8-19)24(32)33/h3,6,9-10,13-14,17,19,27,31H,2,4-5,7-8,11-12,15H2,1H3,(H,28,29)(H,32,33). The van der Waals surface area contributed by atoms with Crippen molar-refractivity contribution in [3.63, 3.8) is 0 Å². The molecule has 0 spiro atoms. The number of aliphatic carboxylic acids is 1. The lowest BCUT2D eigenvalue weighted by atomic mass is 9.86. The predicted molar refractivity (Wildman–Crippen MR) is 136 cm³/mol. The molecule has 1 aliphatic rings. The molecule has 4 rings (SSSR count). The molecule has 0 radical (unpaired) electrons. The second kappa shape index (κ2) is 11.5. The number of halogens is 1. The fraction of sp³-hybridized carbons (Fsp3) is 0.440. The van der Waals surface area contributed by atoms with Crippen molar-refractivity contribution < 1.29 is 32.6 Å². The monoisotopic (exact) mass is 534 g/mol. The lowest BCUT2D eigenvalue weighted by Gasteiger charge is -2.29. The Balaban J connectivity index is 1.67. The smallest absolute Gasteiger partial charge is 0.306 e. The maximum absolute atomic E-state index is 14.5. The average molecular weight is 535 g/mol. The first-order valence-electron chi connectivity index (χ1n) is 12.1.